The smallest absolute Gasteiger partial charge is 0.176 e. The van der Waals surface area contributed by atoms with Gasteiger partial charge in [-0.3, -0.25) is 0 Å². The molecular formula is C9H10NOS. The zero-order chi connectivity index (χ0) is 8.55. The fourth-order valence-corrected chi connectivity index (χ4v) is 2.60. The van der Waals surface area contributed by atoms with E-state index in [0.717, 1.165) is 17.1 Å². The van der Waals surface area contributed by atoms with Crippen LogP contribution in [0.2, 0.25) is 0 Å². The molecule has 1 aromatic carbocycles. The summed E-state index contributed by atoms with van der Waals surface area (Å²) in [4.78, 5) is 2.82. The molecule has 2 nitrogen and oxygen atoms in total. The third kappa shape index (κ3) is 1.19. The summed E-state index contributed by atoms with van der Waals surface area (Å²) in [6.45, 7) is 0.781. The van der Waals surface area contributed by atoms with Crippen LogP contribution in [0.5, 0.6) is 0 Å². The summed E-state index contributed by atoms with van der Waals surface area (Å²) >= 11 is -0.818. The van der Waals surface area contributed by atoms with Gasteiger partial charge in [-0.2, -0.15) is 0 Å². The fourth-order valence-electron chi connectivity index (χ4n) is 1.33. The second-order valence-corrected chi connectivity index (χ2v) is 4.32. The van der Waals surface area contributed by atoms with Crippen LogP contribution in [0.1, 0.15) is 0 Å². The summed E-state index contributed by atoms with van der Waals surface area (Å²) in [5.41, 5.74) is 1.00. The van der Waals surface area contributed by atoms with Gasteiger partial charge in [0, 0.05) is 7.05 Å². The highest BCUT2D eigenvalue weighted by molar-refractivity contribution is 7.91. The Morgan fingerprint density at radius 2 is 2.17 bits per heavy atom. The monoisotopic (exact) mass is 180 g/mol. The SMILES string of the molecule is [CH2]N1CC[S+]([O-])c2ccccc21. The van der Waals surface area contributed by atoms with Gasteiger partial charge < -0.3 is 9.45 Å². The van der Waals surface area contributed by atoms with Crippen molar-refractivity contribution in [1.82, 2.24) is 0 Å². The van der Waals surface area contributed by atoms with Crippen molar-refractivity contribution in [2.45, 2.75) is 4.90 Å². The number of hydrogen-bond donors (Lipinski definition) is 0. The van der Waals surface area contributed by atoms with Crippen molar-refractivity contribution >= 4 is 16.9 Å². The predicted molar refractivity (Wildman–Crippen MR) is 50.4 cm³/mol. The van der Waals surface area contributed by atoms with E-state index in [2.05, 4.69) is 7.05 Å². The van der Waals surface area contributed by atoms with Crippen molar-refractivity contribution in [2.75, 3.05) is 17.2 Å². The standard InChI is InChI=1S/C9H10NOS/c1-10-6-7-12(11)9-5-3-2-4-8(9)10/h2-5H,1,6-7H2. The molecule has 63 valence electrons. The Morgan fingerprint density at radius 3 is 2.92 bits per heavy atom. The first kappa shape index (κ1) is 7.95. The van der Waals surface area contributed by atoms with Crippen LogP contribution in [0.15, 0.2) is 29.2 Å². The minimum atomic E-state index is -0.818. The Balaban J connectivity index is 2.47. The second-order valence-electron chi connectivity index (χ2n) is 2.78. The molecule has 3 heteroatoms. The second kappa shape index (κ2) is 2.99. The van der Waals surface area contributed by atoms with Crippen LogP contribution >= 0.6 is 0 Å². The molecule has 1 heterocycles. The first-order chi connectivity index (χ1) is 5.79. The van der Waals surface area contributed by atoms with Gasteiger partial charge in [0.2, 0.25) is 0 Å². The molecule has 0 N–H and O–H groups in total. The van der Waals surface area contributed by atoms with Crippen LogP contribution in [0, 0.1) is 7.05 Å². The quantitative estimate of drug-likeness (QED) is 0.564. The molecule has 1 aliphatic rings. The molecule has 0 aliphatic carbocycles. The number of para-hydroxylation sites is 1. The molecule has 0 saturated carbocycles. The maximum absolute atomic E-state index is 11.5. The molecule has 0 saturated heterocycles. The zero-order valence-corrected chi connectivity index (χ0v) is 7.51. The number of fused-ring (bicyclic) bond motifs is 1. The third-order valence-electron chi connectivity index (χ3n) is 2.00. The van der Waals surface area contributed by atoms with E-state index in [-0.39, 0.29) is 0 Å². The Bertz CT molecular complexity index is 261. The third-order valence-corrected chi connectivity index (χ3v) is 3.39. The first-order valence-corrected chi connectivity index (χ1v) is 5.16. The molecule has 0 bridgehead atoms. The van der Waals surface area contributed by atoms with Gasteiger partial charge in [0.25, 0.3) is 0 Å². The van der Waals surface area contributed by atoms with Crippen LogP contribution in [-0.2, 0) is 11.2 Å². The van der Waals surface area contributed by atoms with Gasteiger partial charge >= 0.3 is 0 Å². The Morgan fingerprint density at radius 1 is 1.42 bits per heavy atom. The van der Waals surface area contributed by atoms with Gasteiger partial charge in [-0.1, -0.05) is 12.1 Å². The Hall–Kier alpha value is -0.670. The molecule has 2 rings (SSSR count). The molecule has 1 unspecified atom stereocenters. The van der Waals surface area contributed by atoms with Crippen LogP contribution in [0.4, 0.5) is 5.69 Å². The van der Waals surface area contributed by atoms with Crippen LogP contribution in [0.25, 0.3) is 0 Å². The van der Waals surface area contributed by atoms with Gasteiger partial charge in [0.1, 0.15) is 5.75 Å². The molecular weight excluding hydrogens is 170 g/mol. The minimum absolute atomic E-state index is 0.695. The van der Waals surface area contributed by atoms with Gasteiger partial charge in [-0.25, -0.2) is 0 Å². The molecule has 1 atom stereocenters. The van der Waals surface area contributed by atoms with Crippen molar-refractivity contribution in [1.29, 1.82) is 0 Å². The number of anilines is 1. The molecule has 12 heavy (non-hydrogen) atoms. The topological polar surface area (TPSA) is 26.3 Å². The van der Waals surface area contributed by atoms with Crippen LogP contribution < -0.4 is 4.90 Å². The normalized spacial score (nSPS) is 22.2. The van der Waals surface area contributed by atoms with Crippen molar-refractivity contribution in [3.63, 3.8) is 0 Å². The maximum atomic E-state index is 11.5. The maximum Gasteiger partial charge on any atom is 0.176 e. The lowest BCUT2D eigenvalue weighted by molar-refractivity contribution is 0.591. The number of hydrogen-bond acceptors (Lipinski definition) is 2. The van der Waals surface area contributed by atoms with E-state index in [4.69, 9.17) is 0 Å². The number of benzene rings is 1. The minimum Gasteiger partial charge on any atom is -0.611 e. The van der Waals surface area contributed by atoms with E-state index in [1.165, 1.54) is 0 Å². The summed E-state index contributed by atoms with van der Waals surface area (Å²) in [6, 6.07) is 7.72. The van der Waals surface area contributed by atoms with E-state index in [1.54, 1.807) is 0 Å². The van der Waals surface area contributed by atoms with Crippen molar-refractivity contribution in [2.24, 2.45) is 0 Å². The van der Waals surface area contributed by atoms with E-state index in [1.807, 2.05) is 29.2 Å². The Labute approximate surface area is 75.4 Å². The number of nitrogens with zero attached hydrogens (tertiary/aromatic N) is 1. The van der Waals surface area contributed by atoms with E-state index >= 15 is 0 Å². The highest BCUT2D eigenvalue weighted by atomic mass is 32.2. The summed E-state index contributed by atoms with van der Waals surface area (Å²) in [5.74, 6) is 0.695. The first-order valence-electron chi connectivity index (χ1n) is 3.84. The zero-order valence-electron chi connectivity index (χ0n) is 6.69. The molecule has 1 radical (unpaired) electrons. The van der Waals surface area contributed by atoms with Gasteiger partial charge in [-0.15, -0.1) is 0 Å². The van der Waals surface area contributed by atoms with Crippen LogP contribution in [0.3, 0.4) is 0 Å². The lowest BCUT2D eigenvalue weighted by atomic mass is 10.3. The van der Waals surface area contributed by atoms with E-state index in [9.17, 15) is 4.55 Å². The summed E-state index contributed by atoms with van der Waals surface area (Å²) in [6.07, 6.45) is 0. The van der Waals surface area contributed by atoms with Gasteiger partial charge in [-0.05, 0) is 23.3 Å². The van der Waals surface area contributed by atoms with E-state index < -0.39 is 11.2 Å². The van der Waals surface area contributed by atoms with E-state index in [0.29, 0.717) is 5.75 Å². The highest BCUT2D eigenvalue weighted by Crippen LogP contribution is 2.28. The summed E-state index contributed by atoms with van der Waals surface area (Å²) in [7, 11) is 3.87. The van der Waals surface area contributed by atoms with Crippen LogP contribution in [-0.4, -0.2) is 16.9 Å². The molecule has 0 aromatic heterocycles. The lowest BCUT2D eigenvalue weighted by Crippen LogP contribution is -2.30. The van der Waals surface area contributed by atoms with Crippen molar-refractivity contribution in [3.8, 4) is 0 Å². The lowest BCUT2D eigenvalue weighted by Gasteiger charge is -2.27. The largest absolute Gasteiger partial charge is 0.611 e. The average Bonchev–Trinajstić information content (AvgIpc) is 2.12. The van der Waals surface area contributed by atoms with Gasteiger partial charge in [0.15, 0.2) is 4.90 Å². The molecule has 0 amide bonds. The van der Waals surface area contributed by atoms with Crippen molar-refractivity contribution < 1.29 is 4.55 Å². The summed E-state index contributed by atoms with van der Waals surface area (Å²) < 4.78 is 11.5. The molecule has 1 aliphatic heterocycles. The highest BCUT2D eigenvalue weighted by Gasteiger charge is 2.23. The summed E-state index contributed by atoms with van der Waals surface area (Å²) in [5, 5.41) is 0. The van der Waals surface area contributed by atoms with Crippen molar-refractivity contribution in [3.05, 3.63) is 31.3 Å². The van der Waals surface area contributed by atoms with Gasteiger partial charge in [0.05, 0.1) is 12.2 Å². The molecule has 0 spiro atoms. The number of rotatable bonds is 0. The predicted octanol–water partition coefficient (Wildman–Crippen LogP) is 1.41. The average molecular weight is 180 g/mol. The fraction of sp³-hybridized carbons (Fsp3) is 0.222. The molecule has 0 fully saturated rings. The Kier molecular flexibility index (Phi) is 1.98. The molecule has 1 aromatic rings.